The lowest BCUT2D eigenvalue weighted by Gasteiger charge is -2.13. The molecule has 0 aliphatic heterocycles. The van der Waals surface area contributed by atoms with Crippen LogP contribution in [0, 0.1) is 0 Å². The molecule has 0 aliphatic rings. The van der Waals surface area contributed by atoms with Gasteiger partial charge in [-0.3, -0.25) is 4.79 Å². The topological polar surface area (TPSA) is 73.9 Å². The first-order chi connectivity index (χ1) is 14.0. The van der Waals surface area contributed by atoms with Gasteiger partial charge in [-0.2, -0.15) is 0 Å². The van der Waals surface area contributed by atoms with Crippen molar-refractivity contribution in [1.82, 2.24) is 5.32 Å². The number of aryl methyl sites for hydroxylation is 1. The molecule has 2 rings (SSSR count). The van der Waals surface area contributed by atoms with Gasteiger partial charge in [-0.25, -0.2) is 4.79 Å². The van der Waals surface area contributed by atoms with E-state index in [2.05, 4.69) is 17.4 Å². The molecule has 2 aromatic rings. The predicted octanol–water partition coefficient (Wildman–Crippen LogP) is 3.40. The number of carbonyl (C=O) groups is 2. The van der Waals surface area contributed by atoms with Crippen molar-refractivity contribution in [2.45, 2.75) is 25.8 Å². The second kappa shape index (κ2) is 11.5. The first kappa shape index (κ1) is 22.0. The summed E-state index contributed by atoms with van der Waals surface area (Å²) >= 11 is 0. The molecule has 2 aromatic carbocycles. The Hall–Kier alpha value is -3.28. The van der Waals surface area contributed by atoms with Crippen LogP contribution in [0.15, 0.2) is 54.6 Å². The van der Waals surface area contributed by atoms with Gasteiger partial charge in [-0.1, -0.05) is 36.4 Å². The molecule has 1 amide bonds. The summed E-state index contributed by atoms with van der Waals surface area (Å²) in [6.45, 7) is 1.62. The summed E-state index contributed by atoms with van der Waals surface area (Å²) in [5, 5.41) is 2.84. The van der Waals surface area contributed by atoms with Gasteiger partial charge in [-0.05, 0) is 49.1 Å². The zero-order chi connectivity index (χ0) is 21.1. The van der Waals surface area contributed by atoms with E-state index in [0.29, 0.717) is 11.5 Å². The maximum Gasteiger partial charge on any atom is 0.331 e. The van der Waals surface area contributed by atoms with Gasteiger partial charge in [0.25, 0.3) is 5.91 Å². The van der Waals surface area contributed by atoms with Gasteiger partial charge in [0.05, 0.1) is 14.2 Å². The maximum absolute atomic E-state index is 12.0. The Morgan fingerprint density at radius 2 is 1.76 bits per heavy atom. The van der Waals surface area contributed by atoms with E-state index in [1.807, 2.05) is 25.1 Å². The van der Waals surface area contributed by atoms with E-state index in [-0.39, 0.29) is 18.6 Å². The van der Waals surface area contributed by atoms with Crippen molar-refractivity contribution in [3.63, 3.8) is 0 Å². The summed E-state index contributed by atoms with van der Waals surface area (Å²) in [5.41, 5.74) is 1.97. The summed E-state index contributed by atoms with van der Waals surface area (Å²) in [7, 11) is 3.09. The quantitative estimate of drug-likeness (QED) is 0.491. The number of hydrogen-bond donors (Lipinski definition) is 1. The normalized spacial score (nSPS) is 11.7. The fourth-order valence-electron chi connectivity index (χ4n) is 2.72. The number of nitrogens with one attached hydrogen (secondary N) is 1. The van der Waals surface area contributed by atoms with E-state index in [1.165, 1.54) is 11.6 Å². The fraction of sp³-hybridized carbons (Fsp3) is 0.304. The molecule has 29 heavy (non-hydrogen) atoms. The van der Waals surface area contributed by atoms with E-state index < -0.39 is 5.97 Å². The van der Waals surface area contributed by atoms with Crippen molar-refractivity contribution in [3.8, 4) is 11.5 Å². The third-order valence-electron chi connectivity index (χ3n) is 4.28. The van der Waals surface area contributed by atoms with Gasteiger partial charge in [-0.15, -0.1) is 0 Å². The molecular formula is C23H27NO5. The summed E-state index contributed by atoms with van der Waals surface area (Å²) in [6, 6.07) is 15.3. The van der Waals surface area contributed by atoms with Gasteiger partial charge >= 0.3 is 5.97 Å². The lowest BCUT2D eigenvalue weighted by atomic mass is 10.1. The fourth-order valence-corrected chi connectivity index (χ4v) is 2.72. The minimum atomic E-state index is -0.591. The average molecular weight is 397 g/mol. The molecule has 0 heterocycles. The molecule has 154 valence electrons. The monoisotopic (exact) mass is 397 g/mol. The Morgan fingerprint density at radius 1 is 1.03 bits per heavy atom. The van der Waals surface area contributed by atoms with Crippen LogP contribution in [0.25, 0.3) is 6.08 Å². The molecule has 6 nitrogen and oxygen atoms in total. The van der Waals surface area contributed by atoms with E-state index >= 15 is 0 Å². The zero-order valence-corrected chi connectivity index (χ0v) is 17.0. The highest BCUT2D eigenvalue weighted by molar-refractivity contribution is 5.89. The Bertz CT molecular complexity index is 832. The molecule has 0 fully saturated rings. The SMILES string of the molecule is COc1ccc(/C=C/C(=O)OCC(=O)N[C@H](C)CCc2ccccc2)cc1OC. The highest BCUT2D eigenvalue weighted by Gasteiger charge is 2.10. The number of carbonyl (C=O) groups excluding carboxylic acids is 2. The van der Waals surface area contributed by atoms with Crippen molar-refractivity contribution in [1.29, 1.82) is 0 Å². The Labute approximate surface area is 171 Å². The lowest BCUT2D eigenvalue weighted by molar-refractivity contribution is -0.144. The van der Waals surface area contributed by atoms with Crippen LogP contribution >= 0.6 is 0 Å². The number of rotatable bonds is 10. The molecule has 6 heteroatoms. The molecule has 1 atom stereocenters. The van der Waals surface area contributed by atoms with Crippen LogP contribution in [0.4, 0.5) is 0 Å². The van der Waals surface area contributed by atoms with Gasteiger partial charge < -0.3 is 19.5 Å². The average Bonchev–Trinajstić information content (AvgIpc) is 2.75. The number of amides is 1. The third-order valence-corrected chi connectivity index (χ3v) is 4.28. The molecule has 0 unspecified atom stereocenters. The number of ether oxygens (including phenoxy) is 3. The molecular weight excluding hydrogens is 370 g/mol. The van der Waals surface area contributed by atoms with Crippen molar-refractivity contribution in [2.75, 3.05) is 20.8 Å². The second-order valence-corrected chi connectivity index (χ2v) is 6.55. The largest absolute Gasteiger partial charge is 0.493 e. The number of methoxy groups -OCH3 is 2. The first-order valence-corrected chi connectivity index (χ1v) is 9.42. The first-order valence-electron chi connectivity index (χ1n) is 9.42. The van der Waals surface area contributed by atoms with Crippen LogP contribution < -0.4 is 14.8 Å². The van der Waals surface area contributed by atoms with E-state index in [4.69, 9.17) is 14.2 Å². The van der Waals surface area contributed by atoms with Crippen molar-refractivity contribution >= 4 is 18.0 Å². The highest BCUT2D eigenvalue weighted by Crippen LogP contribution is 2.27. The van der Waals surface area contributed by atoms with Crippen LogP contribution in [-0.2, 0) is 20.7 Å². The molecule has 0 spiro atoms. The maximum atomic E-state index is 12.0. The van der Waals surface area contributed by atoms with E-state index in [9.17, 15) is 9.59 Å². The van der Waals surface area contributed by atoms with Crippen molar-refractivity contribution < 1.29 is 23.8 Å². The minimum Gasteiger partial charge on any atom is -0.493 e. The van der Waals surface area contributed by atoms with Crippen molar-refractivity contribution in [2.24, 2.45) is 0 Å². The van der Waals surface area contributed by atoms with Crippen LogP contribution in [0.2, 0.25) is 0 Å². The summed E-state index contributed by atoms with van der Waals surface area (Å²) < 4.78 is 15.4. The number of benzene rings is 2. The van der Waals surface area contributed by atoms with Gasteiger partial charge in [0.15, 0.2) is 18.1 Å². The van der Waals surface area contributed by atoms with E-state index in [1.54, 1.807) is 38.5 Å². The smallest absolute Gasteiger partial charge is 0.331 e. The molecule has 0 saturated heterocycles. The van der Waals surface area contributed by atoms with Crippen molar-refractivity contribution in [3.05, 3.63) is 65.7 Å². The van der Waals surface area contributed by atoms with Crippen LogP contribution in [0.3, 0.4) is 0 Å². The standard InChI is InChI=1S/C23H27NO5/c1-17(9-10-18-7-5-4-6-8-18)24-22(25)16-29-23(26)14-12-19-11-13-20(27-2)21(15-19)28-3/h4-8,11-15,17H,9-10,16H2,1-3H3,(H,24,25)/b14-12+/t17-/m1/s1. The number of esters is 1. The van der Waals surface area contributed by atoms with Crippen LogP contribution in [0.1, 0.15) is 24.5 Å². The predicted molar refractivity (Wildman–Crippen MR) is 112 cm³/mol. The van der Waals surface area contributed by atoms with Crippen LogP contribution in [-0.4, -0.2) is 38.7 Å². The Kier molecular flexibility index (Phi) is 8.76. The second-order valence-electron chi connectivity index (χ2n) is 6.55. The van der Waals surface area contributed by atoms with Crippen LogP contribution in [0.5, 0.6) is 11.5 Å². The Morgan fingerprint density at radius 3 is 2.45 bits per heavy atom. The molecule has 1 N–H and O–H groups in total. The Balaban J connectivity index is 1.73. The van der Waals surface area contributed by atoms with E-state index in [0.717, 1.165) is 18.4 Å². The lowest BCUT2D eigenvalue weighted by Crippen LogP contribution is -2.36. The molecule has 0 aliphatic carbocycles. The summed E-state index contributed by atoms with van der Waals surface area (Å²) in [4.78, 5) is 23.8. The molecule has 0 radical (unpaired) electrons. The molecule has 0 aromatic heterocycles. The van der Waals surface area contributed by atoms with Gasteiger partial charge in [0, 0.05) is 12.1 Å². The van der Waals surface area contributed by atoms with Gasteiger partial charge in [0.2, 0.25) is 0 Å². The summed E-state index contributed by atoms with van der Waals surface area (Å²) in [6.07, 6.45) is 4.54. The minimum absolute atomic E-state index is 0.0104. The highest BCUT2D eigenvalue weighted by atomic mass is 16.5. The third kappa shape index (κ3) is 7.70. The van der Waals surface area contributed by atoms with Gasteiger partial charge in [0.1, 0.15) is 0 Å². The molecule has 0 bridgehead atoms. The number of hydrogen-bond acceptors (Lipinski definition) is 5. The zero-order valence-electron chi connectivity index (χ0n) is 17.0. The summed E-state index contributed by atoms with van der Waals surface area (Å²) in [5.74, 6) is 0.252. The molecule has 0 saturated carbocycles.